The number of alkyl halides is 15. The Morgan fingerprint density at radius 1 is 0.520 bits per heavy atom. The Bertz CT molecular complexity index is 507. The Kier molecular flexibility index (Phi) is 5.11. The van der Waals surface area contributed by atoms with E-state index in [1.165, 1.54) is 0 Å². The van der Waals surface area contributed by atoms with Crippen LogP contribution in [0.2, 0.25) is 0 Å². The van der Waals surface area contributed by atoms with Crippen LogP contribution in [0, 0.1) is 5.41 Å². The van der Waals surface area contributed by atoms with Crippen LogP contribution in [0.5, 0.6) is 0 Å². The van der Waals surface area contributed by atoms with Crippen LogP contribution in [0.15, 0.2) is 0 Å². The second-order valence-corrected chi connectivity index (χ2v) is 4.25. The Labute approximate surface area is 125 Å². The summed E-state index contributed by atoms with van der Waals surface area (Å²) in [5.74, 6) is -29.7. The largest absolute Gasteiger partial charge is 0.544 e. The minimum Gasteiger partial charge on any atom is -0.544 e. The van der Waals surface area contributed by atoms with E-state index < -0.39 is 47.7 Å². The number of carbonyl (C=O) groups is 1. The maximum atomic E-state index is 13.2. The normalized spacial score (nSPS) is 16.1. The van der Waals surface area contributed by atoms with Gasteiger partial charge in [0.1, 0.15) is 5.97 Å². The molecule has 150 valence electrons. The van der Waals surface area contributed by atoms with Crippen molar-refractivity contribution in [3.8, 4) is 0 Å². The smallest absolute Gasteiger partial charge is 0.454 e. The Morgan fingerprint density at radius 3 is 0.960 bits per heavy atom. The van der Waals surface area contributed by atoms with Crippen molar-refractivity contribution < 1.29 is 75.8 Å². The number of carboxylic acid groups (broad SMARTS) is 1. The summed E-state index contributed by atoms with van der Waals surface area (Å²) in [4.78, 5) is 9.74. The highest BCUT2D eigenvalue weighted by Crippen LogP contribution is 2.71. The SMILES string of the molecule is O=C([O-])C(F)(F)C(F)(F)C(C(F)(F)F)(C(F)(F)F)C(F)(F)C(F)(F)F. The van der Waals surface area contributed by atoms with E-state index in [0.717, 1.165) is 0 Å². The molecule has 0 aromatic heterocycles. The predicted octanol–water partition coefficient (Wildman–Crippen LogP) is 3.32. The first-order valence-electron chi connectivity index (χ1n) is 4.99. The van der Waals surface area contributed by atoms with Crippen LogP contribution in [-0.2, 0) is 4.79 Å². The van der Waals surface area contributed by atoms with Crippen LogP contribution in [0.25, 0.3) is 0 Å². The molecular weight excluding hydrogens is 413 g/mol. The number of hydrogen-bond acceptors (Lipinski definition) is 2. The zero-order valence-corrected chi connectivity index (χ0v) is 10.5. The summed E-state index contributed by atoms with van der Waals surface area (Å²) >= 11 is 0. The van der Waals surface area contributed by atoms with E-state index in [4.69, 9.17) is 0 Å². The maximum absolute atomic E-state index is 13.2. The average molecular weight is 413 g/mol. The van der Waals surface area contributed by atoms with Gasteiger partial charge < -0.3 is 9.90 Å². The molecular formula is C8F15O2-. The summed E-state index contributed by atoms with van der Waals surface area (Å²) in [6.45, 7) is 0. The van der Waals surface area contributed by atoms with Gasteiger partial charge in [-0.3, -0.25) is 0 Å². The monoisotopic (exact) mass is 413 g/mol. The molecule has 0 saturated heterocycles. The molecule has 0 heterocycles. The molecule has 0 radical (unpaired) electrons. The molecule has 0 bridgehead atoms. The summed E-state index contributed by atoms with van der Waals surface area (Å²) in [6, 6.07) is 0. The molecule has 0 N–H and O–H groups in total. The molecule has 0 aliphatic rings. The van der Waals surface area contributed by atoms with Crippen LogP contribution in [0.1, 0.15) is 0 Å². The van der Waals surface area contributed by atoms with Gasteiger partial charge in [0.05, 0.1) is 0 Å². The third-order valence-electron chi connectivity index (χ3n) is 2.80. The van der Waals surface area contributed by atoms with Gasteiger partial charge in [0, 0.05) is 0 Å². The number of carboxylic acids is 1. The van der Waals surface area contributed by atoms with Gasteiger partial charge in [-0.25, -0.2) is 0 Å². The van der Waals surface area contributed by atoms with Crippen LogP contribution in [0.4, 0.5) is 65.9 Å². The average Bonchev–Trinajstić information content (AvgIpc) is 2.21. The van der Waals surface area contributed by atoms with Gasteiger partial charge in [-0.2, -0.15) is 65.9 Å². The fraction of sp³-hybridized carbons (Fsp3) is 0.875. The molecule has 17 heteroatoms. The zero-order chi connectivity index (χ0) is 21.1. The molecule has 0 saturated carbocycles. The molecule has 2 nitrogen and oxygen atoms in total. The molecule has 0 rings (SSSR count). The molecule has 0 aliphatic heterocycles. The molecule has 0 amide bonds. The number of carbonyl (C=O) groups excluding carboxylic acids is 1. The van der Waals surface area contributed by atoms with Gasteiger partial charge in [-0.1, -0.05) is 0 Å². The van der Waals surface area contributed by atoms with Crippen molar-refractivity contribution in [2.24, 2.45) is 5.41 Å². The molecule has 0 spiro atoms. The molecule has 0 aromatic rings. The van der Waals surface area contributed by atoms with E-state index in [9.17, 15) is 75.8 Å². The second kappa shape index (κ2) is 5.46. The van der Waals surface area contributed by atoms with Crippen LogP contribution < -0.4 is 5.11 Å². The first-order chi connectivity index (χ1) is 10.4. The highest BCUT2D eigenvalue weighted by atomic mass is 19.4. The predicted molar refractivity (Wildman–Crippen MR) is 40.4 cm³/mol. The quantitative estimate of drug-likeness (QED) is 0.664. The zero-order valence-electron chi connectivity index (χ0n) is 10.5. The van der Waals surface area contributed by atoms with E-state index in [-0.39, 0.29) is 0 Å². The minimum absolute atomic E-state index is 4.76. The number of aliphatic carboxylic acids is 1. The first kappa shape index (κ1) is 23.4. The van der Waals surface area contributed by atoms with Crippen molar-refractivity contribution in [3.05, 3.63) is 0 Å². The Balaban J connectivity index is 7.51. The van der Waals surface area contributed by atoms with E-state index in [0.29, 0.717) is 0 Å². The summed E-state index contributed by atoms with van der Waals surface area (Å²) in [5.41, 5.74) is -8.85. The van der Waals surface area contributed by atoms with Gasteiger partial charge >= 0.3 is 41.7 Å². The molecule has 0 aromatic carbocycles. The standard InChI is InChI=1S/C8HF15O2/c9-2(10,1(24)25)4(11,12)3(6(15,16)17,7(18,19)20)5(13,14)8(21,22)23/h(H,24,25)/p-1. The van der Waals surface area contributed by atoms with Gasteiger partial charge in [0.15, 0.2) is 0 Å². The van der Waals surface area contributed by atoms with Crippen molar-refractivity contribution >= 4 is 5.97 Å². The van der Waals surface area contributed by atoms with Gasteiger partial charge in [0.2, 0.25) is 0 Å². The van der Waals surface area contributed by atoms with Gasteiger partial charge in [-0.05, 0) is 0 Å². The number of rotatable bonds is 4. The summed E-state index contributed by atoms with van der Waals surface area (Å²) in [6.07, 6.45) is -25.0. The lowest BCUT2D eigenvalue weighted by Crippen LogP contribution is -2.78. The summed E-state index contributed by atoms with van der Waals surface area (Å²) in [7, 11) is 0. The fourth-order valence-corrected chi connectivity index (χ4v) is 1.65. The molecule has 0 fully saturated rings. The van der Waals surface area contributed by atoms with Crippen molar-refractivity contribution in [2.45, 2.75) is 36.3 Å². The van der Waals surface area contributed by atoms with Gasteiger partial charge in [-0.15, -0.1) is 0 Å². The van der Waals surface area contributed by atoms with E-state index in [1.807, 2.05) is 0 Å². The lowest BCUT2D eigenvalue weighted by atomic mass is 9.70. The topological polar surface area (TPSA) is 40.1 Å². The molecule has 25 heavy (non-hydrogen) atoms. The van der Waals surface area contributed by atoms with Crippen molar-refractivity contribution in [2.75, 3.05) is 0 Å². The van der Waals surface area contributed by atoms with Crippen molar-refractivity contribution in [3.63, 3.8) is 0 Å². The lowest BCUT2D eigenvalue weighted by molar-refractivity contribution is -0.508. The first-order valence-corrected chi connectivity index (χ1v) is 4.99. The van der Waals surface area contributed by atoms with Crippen LogP contribution >= 0.6 is 0 Å². The fourth-order valence-electron chi connectivity index (χ4n) is 1.65. The van der Waals surface area contributed by atoms with E-state index >= 15 is 0 Å². The van der Waals surface area contributed by atoms with Crippen LogP contribution in [0.3, 0.4) is 0 Å². The highest BCUT2D eigenvalue weighted by Gasteiger charge is 3.00. The third kappa shape index (κ3) is 2.74. The Morgan fingerprint density at radius 2 is 0.800 bits per heavy atom. The summed E-state index contributed by atoms with van der Waals surface area (Å²) < 4.78 is 188. The van der Waals surface area contributed by atoms with Gasteiger partial charge in [0.25, 0.3) is 0 Å². The summed E-state index contributed by atoms with van der Waals surface area (Å²) in [5, 5.41) is 9.74. The number of hydrogen-bond donors (Lipinski definition) is 0. The van der Waals surface area contributed by atoms with Crippen molar-refractivity contribution in [1.29, 1.82) is 0 Å². The molecule has 0 unspecified atom stereocenters. The van der Waals surface area contributed by atoms with E-state index in [2.05, 4.69) is 0 Å². The maximum Gasteiger partial charge on any atom is 0.454 e. The molecule has 0 atom stereocenters. The second-order valence-electron chi connectivity index (χ2n) is 4.25. The van der Waals surface area contributed by atoms with Crippen LogP contribution in [-0.4, -0.2) is 42.3 Å². The number of halogens is 15. The lowest BCUT2D eigenvalue weighted by Gasteiger charge is -2.48. The van der Waals surface area contributed by atoms with E-state index in [1.54, 1.807) is 0 Å². The van der Waals surface area contributed by atoms with Crippen molar-refractivity contribution in [1.82, 2.24) is 0 Å². The highest BCUT2D eigenvalue weighted by molar-refractivity contribution is 5.75. The molecule has 0 aliphatic carbocycles. The minimum atomic E-state index is -8.85. The third-order valence-corrected chi connectivity index (χ3v) is 2.80. The Hall–Kier alpha value is -1.58.